The van der Waals surface area contributed by atoms with Gasteiger partial charge in [0.1, 0.15) is 0 Å². The Morgan fingerprint density at radius 2 is 2.08 bits per heavy atom. The molecule has 2 N–H and O–H groups in total. The van der Waals surface area contributed by atoms with Crippen LogP contribution in [0.25, 0.3) is 11.0 Å². The van der Waals surface area contributed by atoms with Crippen LogP contribution in [0.3, 0.4) is 0 Å². The molecule has 0 radical (unpaired) electrons. The van der Waals surface area contributed by atoms with Crippen molar-refractivity contribution in [3.05, 3.63) is 72.1 Å². The van der Waals surface area contributed by atoms with Crippen molar-refractivity contribution in [1.82, 2.24) is 20.5 Å². The maximum Gasteiger partial charge on any atom is 0.223 e. The Balaban J connectivity index is 1.63. The predicted molar refractivity (Wildman–Crippen MR) is 101 cm³/mol. The zero-order valence-electron chi connectivity index (χ0n) is 14.6. The first-order valence-electron chi connectivity index (χ1n) is 9.09. The van der Waals surface area contributed by atoms with Crippen LogP contribution in [0, 0.1) is 5.92 Å². The van der Waals surface area contributed by atoms with Gasteiger partial charge in [-0.25, -0.2) is 4.98 Å². The van der Waals surface area contributed by atoms with Crippen LogP contribution in [0.4, 0.5) is 0 Å². The molecule has 0 saturated heterocycles. The van der Waals surface area contributed by atoms with Crippen molar-refractivity contribution >= 4 is 16.9 Å². The number of carbonyl (C=O) groups is 1. The Bertz CT molecular complexity index is 916. The minimum absolute atomic E-state index is 0.0468. The van der Waals surface area contributed by atoms with Crippen molar-refractivity contribution in [2.45, 2.75) is 31.7 Å². The van der Waals surface area contributed by atoms with Gasteiger partial charge in [-0.15, -0.1) is 0 Å². The van der Waals surface area contributed by atoms with Gasteiger partial charge in [0, 0.05) is 17.5 Å². The van der Waals surface area contributed by atoms with Gasteiger partial charge in [-0.05, 0) is 43.4 Å². The van der Waals surface area contributed by atoms with Crippen molar-refractivity contribution < 1.29 is 4.79 Å². The van der Waals surface area contributed by atoms with Gasteiger partial charge in [0.05, 0.1) is 11.7 Å². The molecule has 26 heavy (non-hydrogen) atoms. The fourth-order valence-electron chi connectivity index (χ4n) is 3.53. The zero-order valence-corrected chi connectivity index (χ0v) is 14.6. The number of H-pyrrole nitrogens is 1. The average Bonchev–Trinajstić information content (AvgIpc) is 3.13. The van der Waals surface area contributed by atoms with Gasteiger partial charge in [0.25, 0.3) is 0 Å². The number of allylic oxidation sites excluding steroid dienone is 2. The van der Waals surface area contributed by atoms with E-state index in [1.165, 1.54) is 5.56 Å². The van der Waals surface area contributed by atoms with Crippen molar-refractivity contribution in [3.8, 4) is 0 Å². The van der Waals surface area contributed by atoms with E-state index in [0.717, 1.165) is 30.3 Å². The number of pyridine rings is 1. The number of amides is 1. The van der Waals surface area contributed by atoms with Crippen LogP contribution in [0.1, 0.15) is 36.6 Å². The largest absolute Gasteiger partial charge is 0.347 e. The van der Waals surface area contributed by atoms with Gasteiger partial charge in [0.2, 0.25) is 5.91 Å². The number of hydrogen-bond donors (Lipinski definition) is 2. The average molecular weight is 346 g/mol. The summed E-state index contributed by atoms with van der Waals surface area (Å²) in [5.41, 5.74) is 2.76. The topological polar surface area (TPSA) is 70.7 Å². The molecule has 0 unspecified atom stereocenters. The Hall–Kier alpha value is -2.95. The van der Waals surface area contributed by atoms with E-state index >= 15 is 0 Å². The third-order valence-corrected chi connectivity index (χ3v) is 4.95. The van der Waals surface area contributed by atoms with Crippen LogP contribution in [0.2, 0.25) is 0 Å². The molecule has 5 nitrogen and oxygen atoms in total. The van der Waals surface area contributed by atoms with Crippen LogP contribution in [-0.2, 0) is 11.2 Å². The van der Waals surface area contributed by atoms with E-state index in [9.17, 15) is 4.79 Å². The van der Waals surface area contributed by atoms with Gasteiger partial charge >= 0.3 is 0 Å². The molecule has 2 aromatic heterocycles. The van der Waals surface area contributed by atoms with Gasteiger partial charge in [-0.3, -0.25) is 9.89 Å². The van der Waals surface area contributed by atoms with Crippen LogP contribution in [0.15, 0.2) is 60.8 Å². The Kier molecular flexibility index (Phi) is 4.78. The van der Waals surface area contributed by atoms with Gasteiger partial charge in [-0.1, -0.05) is 42.5 Å². The second kappa shape index (κ2) is 7.52. The first-order valence-corrected chi connectivity index (χ1v) is 9.09. The molecule has 1 aromatic carbocycles. The van der Waals surface area contributed by atoms with Gasteiger partial charge < -0.3 is 5.32 Å². The minimum atomic E-state index is -0.162. The molecule has 2 atom stereocenters. The molecule has 2 heterocycles. The molecular formula is C21H22N4O. The lowest BCUT2D eigenvalue weighted by Gasteiger charge is -2.23. The summed E-state index contributed by atoms with van der Waals surface area (Å²) in [4.78, 5) is 17.1. The summed E-state index contributed by atoms with van der Waals surface area (Å²) in [6, 6.07) is 13.9. The summed E-state index contributed by atoms with van der Waals surface area (Å²) in [6.45, 7) is 0. The summed E-state index contributed by atoms with van der Waals surface area (Å²) in [7, 11) is 0. The Labute approximate surface area is 152 Å². The summed E-state index contributed by atoms with van der Waals surface area (Å²) < 4.78 is 0. The van der Waals surface area contributed by atoms with Crippen LogP contribution in [0.5, 0.6) is 0 Å². The molecule has 3 aromatic rings. The fraction of sp³-hybridized carbons (Fsp3) is 0.286. The molecule has 0 spiro atoms. The monoisotopic (exact) mass is 346 g/mol. The van der Waals surface area contributed by atoms with E-state index in [-0.39, 0.29) is 17.9 Å². The van der Waals surface area contributed by atoms with Gasteiger partial charge in [-0.2, -0.15) is 5.10 Å². The smallest absolute Gasteiger partial charge is 0.223 e. The lowest BCUT2D eigenvalue weighted by atomic mass is 9.92. The molecule has 4 rings (SSSR count). The number of aromatic nitrogens is 3. The molecule has 1 aliphatic carbocycles. The zero-order chi connectivity index (χ0) is 17.8. The van der Waals surface area contributed by atoms with Crippen molar-refractivity contribution in [2.75, 3.05) is 0 Å². The number of rotatable bonds is 5. The van der Waals surface area contributed by atoms with E-state index < -0.39 is 0 Å². The van der Waals surface area contributed by atoms with E-state index in [2.05, 4.69) is 44.8 Å². The second-order valence-electron chi connectivity index (χ2n) is 6.74. The standard InChI is InChI=1S/C21H22N4O/c26-21(16-10-5-2-6-11-16)23-18(14-15-8-3-1-4-9-15)19-17-12-7-13-22-20(17)25-24-19/h1-5,7-9,12-13,16,18H,6,10-11,14H2,(H,23,26)(H,22,24,25)/t16-,18+/m1/s1. The second-order valence-corrected chi connectivity index (χ2v) is 6.74. The Morgan fingerprint density at radius 3 is 2.88 bits per heavy atom. The third-order valence-electron chi connectivity index (χ3n) is 4.95. The summed E-state index contributed by atoms with van der Waals surface area (Å²) in [6.07, 6.45) is 9.39. The molecular weight excluding hydrogens is 324 g/mol. The highest BCUT2D eigenvalue weighted by Gasteiger charge is 2.25. The van der Waals surface area contributed by atoms with Crippen LogP contribution < -0.4 is 5.32 Å². The molecule has 0 bridgehead atoms. The number of aromatic amines is 1. The molecule has 132 valence electrons. The molecule has 1 amide bonds. The number of nitrogens with one attached hydrogen (secondary N) is 2. The summed E-state index contributed by atoms with van der Waals surface area (Å²) in [5, 5.41) is 11.6. The summed E-state index contributed by atoms with van der Waals surface area (Å²) >= 11 is 0. The highest BCUT2D eigenvalue weighted by atomic mass is 16.1. The quantitative estimate of drug-likeness (QED) is 0.692. The normalized spacial score (nSPS) is 17.9. The lowest BCUT2D eigenvalue weighted by molar-refractivity contribution is -0.126. The number of benzene rings is 1. The van der Waals surface area contributed by atoms with Crippen molar-refractivity contribution in [1.29, 1.82) is 0 Å². The number of carbonyl (C=O) groups excluding carboxylic acids is 1. The number of hydrogen-bond acceptors (Lipinski definition) is 3. The fourth-order valence-corrected chi connectivity index (χ4v) is 3.53. The van der Waals surface area contributed by atoms with Crippen LogP contribution in [-0.4, -0.2) is 21.1 Å². The molecule has 1 aliphatic rings. The number of nitrogens with zero attached hydrogens (tertiary/aromatic N) is 2. The van der Waals surface area contributed by atoms with Gasteiger partial charge in [0.15, 0.2) is 5.65 Å². The first-order chi connectivity index (χ1) is 12.8. The third kappa shape index (κ3) is 3.52. The van der Waals surface area contributed by atoms with E-state index in [0.29, 0.717) is 12.1 Å². The maximum absolute atomic E-state index is 12.8. The molecule has 0 fully saturated rings. The SMILES string of the molecule is O=C(N[C@@H](Cc1ccccc1)c1[nH]nc2ncccc12)[C@@H]1CC=CCC1. The number of fused-ring (bicyclic) bond motifs is 1. The highest BCUT2D eigenvalue weighted by Crippen LogP contribution is 2.25. The van der Waals surface area contributed by atoms with Crippen molar-refractivity contribution in [3.63, 3.8) is 0 Å². The predicted octanol–water partition coefficient (Wildman–Crippen LogP) is 3.71. The van der Waals surface area contributed by atoms with E-state index in [1.807, 2.05) is 30.3 Å². The first kappa shape index (κ1) is 16.5. The van der Waals surface area contributed by atoms with Crippen molar-refractivity contribution in [2.24, 2.45) is 5.92 Å². The lowest BCUT2D eigenvalue weighted by Crippen LogP contribution is -2.35. The highest BCUT2D eigenvalue weighted by molar-refractivity contribution is 5.82. The molecule has 5 heteroatoms. The summed E-state index contributed by atoms with van der Waals surface area (Å²) in [5.74, 6) is 0.160. The molecule has 0 aliphatic heterocycles. The van der Waals surface area contributed by atoms with E-state index in [1.54, 1.807) is 6.20 Å². The molecule has 0 saturated carbocycles. The maximum atomic E-state index is 12.8. The van der Waals surface area contributed by atoms with Crippen LogP contribution >= 0.6 is 0 Å². The minimum Gasteiger partial charge on any atom is -0.347 e. The van der Waals surface area contributed by atoms with E-state index in [4.69, 9.17) is 0 Å². The Morgan fingerprint density at radius 1 is 1.19 bits per heavy atom.